The third-order valence-corrected chi connectivity index (χ3v) is 16.4. The van der Waals surface area contributed by atoms with Gasteiger partial charge >= 0.3 is 0 Å². The van der Waals surface area contributed by atoms with Crippen LogP contribution in [0.25, 0.3) is 76.9 Å². The Balaban J connectivity index is 1.15. The minimum absolute atomic E-state index is 0.876. The van der Waals surface area contributed by atoms with Gasteiger partial charge in [0.1, 0.15) is 11.2 Å². The summed E-state index contributed by atoms with van der Waals surface area (Å²) in [7, 11) is -3.19. The van der Waals surface area contributed by atoms with Gasteiger partial charge in [-0.2, -0.15) is 0 Å². The van der Waals surface area contributed by atoms with E-state index < -0.39 is 8.07 Å². The molecule has 58 heavy (non-hydrogen) atoms. The van der Waals surface area contributed by atoms with Crippen molar-refractivity contribution < 1.29 is 4.42 Å². The molecule has 0 amide bonds. The first-order valence-corrected chi connectivity index (χ1v) is 21.6. The van der Waals surface area contributed by atoms with E-state index in [4.69, 9.17) is 14.4 Å². The molecular weight excluding hydrogens is 725 g/mol. The van der Waals surface area contributed by atoms with Gasteiger partial charge in [0.05, 0.1) is 22.1 Å². The molecule has 0 unspecified atom stereocenters. The number of aromatic nitrogens is 4. The van der Waals surface area contributed by atoms with Crippen LogP contribution in [0, 0.1) is 0 Å². The average Bonchev–Trinajstić information content (AvgIpc) is 3.94. The monoisotopic (exact) mass is 758 g/mol. The van der Waals surface area contributed by atoms with Gasteiger partial charge in [-0.05, 0) is 89.2 Å². The molecule has 0 atom stereocenters. The van der Waals surface area contributed by atoms with E-state index in [2.05, 4.69) is 179 Å². The number of furan rings is 1. The van der Waals surface area contributed by atoms with Crippen LogP contribution in [0.2, 0.25) is 0 Å². The Hall–Kier alpha value is -7.54. The number of para-hydroxylation sites is 4. The predicted molar refractivity (Wildman–Crippen MR) is 242 cm³/mol. The van der Waals surface area contributed by atoms with Crippen molar-refractivity contribution in [3.8, 4) is 11.4 Å². The summed E-state index contributed by atoms with van der Waals surface area (Å²) in [5.41, 5.74) is 8.54. The van der Waals surface area contributed by atoms with Crippen molar-refractivity contribution in [2.24, 2.45) is 0 Å². The fraction of sp³-hybridized carbons (Fsp3) is 0. The maximum absolute atomic E-state index is 6.47. The highest BCUT2D eigenvalue weighted by atomic mass is 28.3. The molecule has 0 saturated heterocycles. The Bertz CT molecular complexity index is 3440. The molecule has 0 spiro atoms. The third kappa shape index (κ3) is 4.70. The topological polar surface area (TPSA) is 48.8 Å². The van der Waals surface area contributed by atoms with Gasteiger partial charge in [-0.15, -0.1) is 0 Å². The molecular formula is C52H34N4OSi. The summed E-state index contributed by atoms with van der Waals surface area (Å²) in [5.74, 6) is 0. The van der Waals surface area contributed by atoms with Crippen LogP contribution in [0.1, 0.15) is 0 Å². The molecule has 0 N–H and O–H groups in total. The SMILES string of the molecule is c1ccc([Si](c2cccc(-n3c4ccccc4c4ccccc43)c2)(c2cccc(-n3c4ccccc4c4cc5c(cc43)oc3ccccc35)c2)c2ccccn2)nc1. The summed E-state index contributed by atoms with van der Waals surface area (Å²) in [6.07, 6.45) is 3.85. The molecule has 6 heteroatoms. The molecule has 5 nitrogen and oxygen atoms in total. The van der Waals surface area contributed by atoms with E-state index in [-0.39, 0.29) is 0 Å². The Kier molecular flexibility index (Phi) is 7.18. The average molecular weight is 759 g/mol. The summed E-state index contributed by atoms with van der Waals surface area (Å²) >= 11 is 0. The maximum Gasteiger partial charge on any atom is 0.223 e. The Labute approximate surface area is 334 Å². The standard InChI is InChI=1S/C52H34N4OSi/c1-5-23-45-39(19-1)40-20-2-6-24-46(40)55(45)35-15-13-17-37(31-35)58(51-27-9-11-29-53-51,52-28-10-12-30-54-52)38-18-14-16-36(32-38)56-47-25-7-3-21-41(47)43-33-44-42-22-4-8-26-49(42)57-50(44)34-48(43)56/h1-34H. The molecule has 0 aliphatic carbocycles. The first-order chi connectivity index (χ1) is 28.8. The van der Waals surface area contributed by atoms with Crippen LogP contribution in [0.5, 0.6) is 0 Å². The summed E-state index contributed by atoms with van der Waals surface area (Å²) in [4.78, 5) is 10.4. The first kappa shape index (κ1) is 32.7. The number of nitrogens with zero attached hydrogens (tertiary/aromatic N) is 4. The minimum atomic E-state index is -3.19. The largest absolute Gasteiger partial charge is 0.456 e. The van der Waals surface area contributed by atoms with Gasteiger partial charge in [-0.25, -0.2) is 0 Å². The van der Waals surface area contributed by atoms with E-state index >= 15 is 0 Å². The van der Waals surface area contributed by atoms with Crippen LogP contribution in [0.3, 0.4) is 0 Å². The molecule has 12 rings (SSSR count). The smallest absolute Gasteiger partial charge is 0.223 e. The lowest BCUT2D eigenvalue weighted by atomic mass is 10.1. The molecule has 0 aliphatic heterocycles. The van der Waals surface area contributed by atoms with Crippen molar-refractivity contribution in [3.63, 3.8) is 0 Å². The van der Waals surface area contributed by atoms with E-state index in [1.807, 2.05) is 36.7 Å². The van der Waals surface area contributed by atoms with E-state index in [1.54, 1.807) is 0 Å². The Morgan fingerprint density at radius 2 is 0.828 bits per heavy atom. The zero-order valence-corrected chi connectivity index (χ0v) is 32.3. The van der Waals surface area contributed by atoms with Gasteiger partial charge < -0.3 is 13.6 Å². The molecule has 5 aromatic heterocycles. The number of hydrogen-bond acceptors (Lipinski definition) is 3. The van der Waals surface area contributed by atoms with Gasteiger partial charge in [0.15, 0.2) is 0 Å². The maximum atomic E-state index is 6.47. The highest BCUT2D eigenvalue weighted by Crippen LogP contribution is 2.38. The van der Waals surface area contributed by atoms with Gasteiger partial charge in [-0.3, -0.25) is 9.97 Å². The lowest BCUT2D eigenvalue weighted by Crippen LogP contribution is -2.76. The lowest BCUT2D eigenvalue weighted by molar-refractivity contribution is 0.669. The zero-order chi connectivity index (χ0) is 38.2. The van der Waals surface area contributed by atoms with Crippen LogP contribution in [0.4, 0.5) is 0 Å². The lowest BCUT2D eigenvalue weighted by Gasteiger charge is -2.32. The highest BCUT2D eigenvalue weighted by molar-refractivity contribution is 7.19. The van der Waals surface area contributed by atoms with E-state index in [0.717, 1.165) is 55.0 Å². The van der Waals surface area contributed by atoms with Crippen LogP contribution in [0.15, 0.2) is 211 Å². The number of rotatable bonds is 6. The van der Waals surface area contributed by atoms with E-state index in [1.165, 1.54) is 43.0 Å². The molecule has 0 aliphatic rings. The molecule has 0 saturated carbocycles. The first-order valence-electron chi connectivity index (χ1n) is 19.6. The van der Waals surface area contributed by atoms with Gasteiger partial charge in [0.25, 0.3) is 0 Å². The van der Waals surface area contributed by atoms with Crippen molar-refractivity contribution in [3.05, 3.63) is 207 Å². The van der Waals surface area contributed by atoms with Crippen LogP contribution in [-0.4, -0.2) is 27.2 Å². The van der Waals surface area contributed by atoms with Crippen LogP contribution in [-0.2, 0) is 0 Å². The predicted octanol–water partition coefficient (Wildman–Crippen LogP) is 9.95. The highest BCUT2D eigenvalue weighted by Gasteiger charge is 2.45. The van der Waals surface area contributed by atoms with Gasteiger partial charge in [0, 0.05) is 72.8 Å². The molecule has 12 aromatic rings. The van der Waals surface area contributed by atoms with E-state index in [0.29, 0.717) is 0 Å². The zero-order valence-electron chi connectivity index (χ0n) is 31.3. The van der Waals surface area contributed by atoms with Crippen LogP contribution >= 0.6 is 0 Å². The molecule has 272 valence electrons. The third-order valence-electron chi connectivity index (χ3n) is 11.9. The fourth-order valence-corrected chi connectivity index (χ4v) is 13.9. The second-order valence-corrected chi connectivity index (χ2v) is 18.6. The van der Waals surface area contributed by atoms with Crippen molar-refractivity contribution >= 4 is 94.6 Å². The van der Waals surface area contributed by atoms with Crippen LogP contribution < -0.4 is 21.0 Å². The normalized spacial score (nSPS) is 12.1. The minimum Gasteiger partial charge on any atom is -0.456 e. The molecule has 0 fully saturated rings. The number of hydrogen-bond donors (Lipinski definition) is 0. The summed E-state index contributed by atoms with van der Waals surface area (Å²) in [6.45, 7) is 0. The molecule has 5 heterocycles. The summed E-state index contributed by atoms with van der Waals surface area (Å²) in [6, 6.07) is 69.7. The quantitative estimate of drug-likeness (QED) is 0.159. The van der Waals surface area contributed by atoms with Gasteiger partial charge in [-0.1, -0.05) is 109 Å². The second kappa shape index (κ2) is 12.7. The summed E-state index contributed by atoms with van der Waals surface area (Å²) < 4.78 is 11.3. The number of fused-ring (bicyclic) bond motifs is 9. The summed E-state index contributed by atoms with van der Waals surface area (Å²) in [5, 5.41) is 11.6. The Morgan fingerprint density at radius 1 is 0.345 bits per heavy atom. The molecule has 7 aromatic carbocycles. The molecule has 0 radical (unpaired) electrons. The van der Waals surface area contributed by atoms with E-state index in [9.17, 15) is 0 Å². The Morgan fingerprint density at radius 3 is 1.38 bits per heavy atom. The second-order valence-electron chi connectivity index (χ2n) is 15.0. The number of pyridine rings is 2. The van der Waals surface area contributed by atoms with Crippen molar-refractivity contribution in [2.75, 3.05) is 0 Å². The van der Waals surface area contributed by atoms with Crippen molar-refractivity contribution in [1.29, 1.82) is 0 Å². The fourth-order valence-electron chi connectivity index (χ4n) is 9.48. The number of benzene rings is 7. The van der Waals surface area contributed by atoms with Gasteiger partial charge in [0.2, 0.25) is 8.07 Å². The molecule has 0 bridgehead atoms. The van der Waals surface area contributed by atoms with Crippen molar-refractivity contribution in [1.82, 2.24) is 19.1 Å². The van der Waals surface area contributed by atoms with Crippen molar-refractivity contribution in [2.45, 2.75) is 0 Å².